The predicted molar refractivity (Wildman–Crippen MR) is 61.2 cm³/mol. The van der Waals surface area contributed by atoms with Gasteiger partial charge in [-0.3, -0.25) is 4.68 Å². The first-order valence-electron chi connectivity index (χ1n) is 5.60. The van der Waals surface area contributed by atoms with Crippen molar-refractivity contribution in [2.45, 2.75) is 18.8 Å². The first-order valence-corrected chi connectivity index (χ1v) is 5.60. The van der Waals surface area contributed by atoms with E-state index in [0.29, 0.717) is 4.68 Å². The van der Waals surface area contributed by atoms with Gasteiger partial charge in [0.2, 0.25) is 0 Å². The Labute approximate surface area is 115 Å². The van der Waals surface area contributed by atoms with Crippen molar-refractivity contribution in [3.63, 3.8) is 0 Å². The number of aliphatic hydroxyl groups excluding tert-OH is 1. The Morgan fingerprint density at radius 1 is 1.48 bits per heavy atom. The van der Waals surface area contributed by atoms with Crippen LogP contribution in [0.15, 0.2) is 12.4 Å². The van der Waals surface area contributed by atoms with E-state index in [9.17, 15) is 18.0 Å². The molecule has 0 aromatic carbocycles. The molecule has 0 spiro atoms. The van der Waals surface area contributed by atoms with Crippen molar-refractivity contribution in [1.29, 1.82) is 0 Å². The number of hydrogen-bond acceptors (Lipinski definition) is 5. The molecule has 2 aromatic rings. The van der Waals surface area contributed by atoms with Crippen LogP contribution in [0, 0.1) is 0 Å². The molecule has 0 aliphatic carbocycles. The maximum Gasteiger partial charge on any atom is 0.416 e. The quantitative estimate of drug-likeness (QED) is 0.841. The van der Waals surface area contributed by atoms with Crippen LogP contribution in [0.3, 0.4) is 0 Å². The molecule has 0 aliphatic rings. The summed E-state index contributed by atoms with van der Waals surface area (Å²) in [5.41, 5.74) is -0.439. The largest absolute Gasteiger partial charge is 0.476 e. The van der Waals surface area contributed by atoms with Crippen molar-refractivity contribution in [2.24, 2.45) is 7.05 Å². The molecule has 2 aromatic heterocycles. The number of aliphatic hydroxyl groups is 1. The van der Waals surface area contributed by atoms with E-state index in [2.05, 4.69) is 15.4 Å². The van der Waals surface area contributed by atoms with Gasteiger partial charge in [-0.1, -0.05) is 5.21 Å². The molecule has 0 radical (unpaired) electrons. The second-order valence-corrected chi connectivity index (χ2v) is 4.23. The summed E-state index contributed by atoms with van der Waals surface area (Å²) in [6, 6.07) is 0. The van der Waals surface area contributed by atoms with Crippen LogP contribution in [0.1, 0.15) is 10.5 Å². The summed E-state index contributed by atoms with van der Waals surface area (Å²) < 4.78 is 39.2. The molecule has 0 saturated carbocycles. The van der Waals surface area contributed by atoms with Crippen molar-refractivity contribution in [2.75, 3.05) is 0 Å². The molecule has 0 fully saturated rings. The van der Waals surface area contributed by atoms with Crippen LogP contribution in [0.4, 0.5) is 13.2 Å². The van der Waals surface area contributed by atoms with Crippen LogP contribution in [-0.2, 0) is 13.6 Å². The molecule has 1 unspecified atom stereocenters. The number of halogens is 3. The van der Waals surface area contributed by atoms with Crippen LogP contribution >= 0.6 is 0 Å². The molecule has 11 heteroatoms. The molecule has 21 heavy (non-hydrogen) atoms. The number of carboxylic acids is 1. The summed E-state index contributed by atoms with van der Waals surface area (Å²) in [6.45, 7) is -0.964. The third-order valence-electron chi connectivity index (χ3n) is 2.64. The summed E-state index contributed by atoms with van der Waals surface area (Å²) in [7, 11) is 1.56. The van der Waals surface area contributed by atoms with E-state index in [0.717, 1.165) is 0 Å². The molecule has 0 bridgehead atoms. The van der Waals surface area contributed by atoms with Gasteiger partial charge in [-0.2, -0.15) is 18.3 Å². The highest BCUT2D eigenvalue weighted by Gasteiger charge is 2.39. The van der Waals surface area contributed by atoms with Gasteiger partial charge in [-0.15, -0.1) is 5.10 Å². The van der Waals surface area contributed by atoms with Crippen molar-refractivity contribution >= 4 is 5.97 Å². The normalized spacial score (nSPS) is 13.4. The number of hydrogen-bond donors (Lipinski definition) is 2. The monoisotopic (exact) mass is 305 g/mol. The van der Waals surface area contributed by atoms with Gasteiger partial charge in [0, 0.05) is 18.8 Å². The Kier molecular flexibility index (Phi) is 3.68. The predicted octanol–water partition coefficient (Wildman–Crippen LogP) is 0.300. The van der Waals surface area contributed by atoms with Gasteiger partial charge in [0.25, 0.3) is 0 Å². The number of alkyl halides is 3. The molecular weight excluding hydrogens is 295 g/mol. The van der Waals surface area contributed by atoms with Crippen molar-refractivity contribution in [1.82, 2.24) is 24.8 Å². The van der Waals surface area contributed by atoms with Gasteiger partial charge in [-0.25, -0.2) is 9.48 Å². The minimum Gasteiger partial charge on any atom is -0.476 e. The average molecular weight is 305 g/mol. The molecule has 114 valence electrons. The summed E-state index contributed by atoms with van der Waals surface area (Å²) in [6.07, 6.45) is -4.86. The Morgan fingerprint density at radius 3 is 2.62 bits per heavy atom. The van der Waals surface area contributed by atoms with E-state index in [4.69, 9.17) is 10.2 Å². The number of aromatic nitrogens is 5. The lowest BCUT2D eigenvalue weighted by molar-refractivity contribution is -0.207. The van der Waals surface area contributed by atoms with Gasteiger partial charge in [0.1, 0.15) is 5.69 Å². The summed E-state index contributed by atoms with van der Waals surface area (Å²) in [4.78, 5) is 11.1. The smallest absolute Gasteiger partial charge is 0.416 e. The van der Waals surface area contributed by atoms with E-state index in [1.54, 1.807) is 7.05 Å². The Hall–Kier alpha value is -2.43. The topological polar surface area (TPSA) is 106 Å². The van der Waals surface area contributed by atoms with Gasteiger partial charge < -0.3 is 10.2 Å². The molecule has 2 heterocycles. The fourth-order valence-electron chi connectivity index (χ4n) is 1.68. The van der Waals surface area contributed by atoms with Gasteiger partial charge in [-0.05, 0) is 0 Å². The van der Waals surface area contributed by atoms with Crippen molar-refractivity contribution in [3.8, 4) is 11.3 Å². The molecule has 0 aliphatic heterocycles. The number of carbonyl (C=O) groups is 1. The van der Waals surface area contributed by atoms with E-state index in [1.807, 2.05) is 0 Å². The molecule has 0 amide bonds. The lowest BCUT2D eigenvalue weighted by Crippen LogP contribution is -2.33. The van der Waals surface area contributed by atoms with Crippen molar-refractivity contribution in [3.05, 3.63) is 18.1 Å². The third-order valence-corrected chi connectivity index (χ3v) is 2.64. The van der Waals surface area contributed by atoms with Gasteiger partial charge in [0.05, 0.1) is 12.7 Å². The van der Waals surface area contributed by atoms with E-state index in [1.165, 1.54) is 17.1 Å². The number of aryl methyl sites for hydroxylation is 1. The Balaban J connectivity index is 2.45. The van der Waals surface area contributed by atoms with Crippen LogP contribution in [-0.4, -0.2) is 53.2 Å². The molecular formula is C10H10F3N5O3. The summed E-state index contributed by atoms with van der Waals surface area (Å²) in [5.74, 6) is -1.44. The highest BCUT2D eigenvalue weighted by atomic mass is 19.4. The third kappa shape index (κ3) is 3.02. The lowest BCUT2D eigenvalue weighted by atomic mass is 10.2. The zero-order chi connectivity index (χ0) is 15.8. The molecule has 8 nitrogen and oxygen atoms in total. The van der Waals surface area contributed by atoms with Crippen LogP contribution in [0.25, 0.3) is 11.3 Å². The summed E-state index contributed by atoms with van der Waals surface area (Å²) >= 11 is 0. The van der Waals surface area contributed by atoms with Crippen LogP contribution in [0.2, 0.25) is 0 Å². The molecule has 2 N–H and O–H groups in total. The molecule has 2 rings (SSSR count). The first kappa shape index (κ1) is 15.0. The maximum atomic E-state index is 12.4. The summed E-state index contributed by atoms with van der Waals surface area (Å²) in [5, 5.41) is 28.6. The number of carboxylic acid groups (broad SMARTS) is 1. The van der Waals surface area contributed by atoms with E-state index >= 15 is 0 Å². The zero-order valence-electron chi connectivity index (χ0n) is 10.6. The minimum atomic E-state index is -4.85. The zero-order valence-corrected chi connectivity index (χ0v) is 10.6. The molecule has 0 saturated heterocycles. The molecule has 1 atom stereocenters. The first-order chi connectivity index (χ1) is 9.70. The van der Waals surface area contributed by atoms with Gasteiger partial charge >= 0.3 is 12.1 Å². The fraction of sp³-hybridized carbons (Fsp3) is 0.400. The lowest BCUT2D eigenvalue weighted by Gasteiger charge is -2.15. The SMILES string of the molecule is Cn1cc(-c2c(C(=O)O)nnn2CC(O)C(F)(F)F)cn1. The fourth-order valence-corrected chi connectivity index (χ4v) is 1.68. The minimum absolute atomic E-state index is 0.154. The number of rotatable bonds is 4. The highest BCUT2D eigenvalue weighted by Crippen LogP contribution is 2.25. The van der Waals surface area contributed by atoms with Crippen molar-refractivity contribution < 1.29 is 28.2 Å². The van der Waals surface area contributed by atoms with Crippen LogP contribution < -0.4 is 0 Å². The van der Waals surface area contributed by atoms with Gasteiger partial charge in [0.15, 0.2) is 11.8 Å². The Bertz CT molecular complexity index is 663. The number of aromatic carboxylic acids is 1. The second kappa shape index (κ2) is 5.16. The van der Waals surface area contributed by atoms with E-state index in [-0.39, 0.29) is 11.3 Å². The standard InChI is InChI=1S/C10H10F3N5O3/c1-17-3-5(2-14-17)8-7(9(20)21)15-16-18(8)4-6(19)10(11,12)13/h2-3,6,19H,4H2,1H3,(H,20,21). The maximum absolute atomic E-state index is 12.4. The van der Waals surface area contributed by atoms with E-state index < -0.39 is 30.5 Å². The average Bonchev–Trinajstić information content (AvgIpc) is 2.94. The van der Waals surface area contributed by atoms with Crippen LogP contribution in [0.5, 0.6) is 0 Å². The highest BCUT2D eigenvalue weighted by molar-refractivity contribution is 5.92. The number of nitrogens with zero attached hydrogens (tertiary/aromatic N) is 5. The second-order valence-electron chi connectivity index (χ2n) is 4.23. The Morgan fingerprint density at radius 2 is 2.14 bits per heavy atom.